The van der Waals surface area contributed by atoms with E-state index in [2.05, 4.69) is 17.5 Å². The van der Waals surface area contributed by atoms with Crippen LogP contribution in [0, 0.1) is 0 Å². The Bertz CT molecular complexity index is 807. The first-order valence-electron chi connectivity index (χ1n) is 10.6. The highest BCUT2D eigenvalue weighted by Gasteiger charge is 2.04. The molecule has 0 heterocycles. The summed E-state index contributed by atoms with van der Waals surface area (Å²) in [4.78, 5) is 12.0. The molecule has 4 nitrogen and oxygen atoms in total. The first-order valence-corrected chi connectivity index (χ1v) is 11.3. The SMILES string of the molecule is CCCCCCCCCOc1ccc(/C=N\NC(=O)Cc2ccc(Cl)cc2)c(Cl)c1. The van der Waals surface area contributed by atoms with Crippen molar-refractivity contribution in [2.24, 2.45) is 5.10 Å². The van der Waals surface area contributed by atoms with Gasteiger partial charge in [0.2, 0.25) is 5.91 Å². The van der Waals surface area contributed by atoms with Crippen molar-refractivity contribution < 1.29 is 9.53 Å². The number of amides is 1. The van der Waals surface area contributed by atoms with E-state index < -0.39 is 0 Å². The van der Waals surface area contributed by atoms with Crippen LogP contribution in [-0.2, 0) is 11.2 Å². The Morgan fingerprint density at radius 2 is 1.70 bits per heavy atom. The number of hydrazone groups is 1. The standard InChI is InChI=1S/C24H30Cl2N2O2/c1-2-3-4-5-6-7-8-15-30-22-14-11-20(23(26)17-22)18-27-28-24(29)16-19-9-12-21(25)13-10-19/h9-14,17-18H,2-8,15-16H2,1H3,(H,28,29)/b27-18-. The topological polar surface area (TPSA) is 50.7 Å². The van der Waals surface area contributed by atoms with Gasteiger partial charge in [-0.05, 0) is 42.3 Å². The number of hydrogen-bond donors (Lipinski definition) is 1. The van der Waals surface area contributed by atoms with E-state index >= 15 is 0 Å². The average molecular weight is 449 g/mol. The zero-order valence-electron chi connectivity index (χ0n) is 17.5. The van der Waals surface area contributed by atoms with Crippen LogP contribution in [0.15, 0.2) is 47.6 Å². The van der Waals surface area contributed by atoms with Crippen LogP contribution >= 0.6 is 23.2 Å². The Morgan fingerprint density at radius 1 is 1.00 bits per heavy atom. The minimum atomic E-state index is -0.209. The number of benzene rings is 2. The molecule has 0 spiro atoms. The Kier molecular flexibility index (Phi) is 11.3. The highest BCUT2D eigenvalue weighted by molar-refractivity contribution is 6.33. The molecule has 0 unspecified atom stereocenters. The monoisotopic (exact) mass is 448 g/mol. The summed E-state index contributed by atoms with van der Waals surface area (Å²) in [5.74, 6) is 0.536. The number of rotatable bonds is 13. The number of unbranched alkanes of at least 4 members (excludes halogenated alkanes) is 6. The van der Waals surface area contributed by atoms with Gasteiger partial charge in [0, 0.05) is 10.6 Å². The molecular formula is C24H30Cl2N2O2. The summed E-state index contributed by atoms with van der Waals surface area (Å²) in [6.45, 7) is 2.92. The molecule has 0 saturated carbocycles. The largest absolute Gasteiger partial charge is 0.494 e. The maximum absolute atomic E-state index is 12.0. The number of hydrogen-bond acceptors (Lipinski definition) is 3. The number of halogens is 2. The summed E-state index contributed by atoms with van der Waals surface area (Å²) in [6, 6.07) is 12.6. The molecule has 1 N–H and O–H groups in total. The number of nitrogens with one attached hydrogen (secondary N) is 1. The van der Waals surface area contributed by atoms with Crippen molar-refractivity contribution in [3.63, 3.8) is 0 Å². The van der Waals surface area contributed by atoms with Gasteiger partial charge in [0.15, 0.2) is 0 Å². The molecule has 0 aliphatic carbocycles. The smallest absolute Gasteiger partial charge is 0.244 e. The van der Waals surface area contributed by atoms with Crippen molar-refractivity contribution in [2.45, 2.75) is 58.3 Å². The van der Waals surface area contributed by atoms with Crippen LogP contribution in [0.25, 0.3) is 0 Å². The van der Waals surface area contributed by atoms with Gasteiger partial charge in [-0.15, -0.1) is 0 Å². The van der Waals surface area contributed by atoms with E-state index in [0.29, 0.717) is 22.2 Å². The van der Waals surface area contributed by atoms with E-state index in [1.807, 2.05) is 24.3 Å². The van der Waals surface area contributed by atoms with Gasteiger partial charge in [-0.1, -0.05) is 80.8 Å². The van der Waals surface area contributed by atoms with E-state index in [9.17, 15) is 4.79 Å². The van der Waals surface area contributed by atoms with Gasteiger partial charge < -0.3 is 4.74 Å². The second-order valence-electron chi connectivity index (χ2n) is 7.25. The third kappa shape index (κ3) is 9.64. The van der Waals surface area contributed by atoms with Crippen LogP contribution in [0.5, 0.6) is 5.75 Å². The Balaban J connectivity index is 1.70. The van der Waals surface area contributed by atoms with Crippen LogP contribution in [0.3, 0.4) is 0 Å². The zero-order chi connectivity index (χ0) is 21.6. The predicted octanol–water partition coefficient (Wildman–Crippen LogP) is 6.82. The first-order chi connectivity index (χ1) is 14.6. The lowest BCUT2D eigenvalue weighted by Gasteiger charge is -2.08. The lowest BCUT2D eigenvalue weighted by Crippen LogP contribution is -2.19. The molecule has 6 heteroatoms. The molecule has 0 aliphatic heterocycles. The van der Waals surface area contributed by atoms with Crippen molar-refractivity contribution >= 4 is 35.3 Å². The van der Waals surface area contributed by atoms with E-state index in [-0.39, 0.29) is 12.3 Å². The van der Waals surface area contributed by atoms with E-state index in [1.54, 1.807) is 18.2 Å². The van der Waals surface area contributed by atoms with Gasteiger partial charge in [-0.2, -0.15) is 5.10 Å². The molecule has 0 radical (unpaired) electrons. The van der Waals surface area contributed by atoms with Gasteiger partial charge in [0.05, 0.1) is 24.3 Å². The lowest BCUT2D eigenvalue weighted by atomic mass is 10.1. The van der Waals surface area contributed by atoms with Gasteiger partial charge in [-0.25, -0.2) is 5.43 Å². The number of carbonyl (C=O) groups is 1. The molecule has 2 rings (SSSR count). The highest BCUT2D eigenvalue weighted by atomic mass is 35.5. The molecule has 0 aromatic heterocycles. The Morgan fingerprint density at radius 3 is 2.40 bits per heavy atom. The van der Waals surface area contributed by atoms with Crippen LogP contribution in [0.2, 0.25) is 10.0 Å². The zero-order valence-corrected chi connectivity index (χ0v) is 19.0. The van der Waals surface area contributed by atoms with Gasteiger partial charge >= 0.3 is 0 Å². The molecule has 30 heavy (non-hydrogen) atoms. The molecular weight excluding hydrogens is 419 g/mol. The molecule has 1 amide bonds. The molecule has 0 bridgehead atoms. The maximum atomic E-state index is 12.0. The number of ether oxygens (including phenoxy) is 1. The van der Waals surface area contributed by atoms with Crippen molar-refractivity contribution in [3.05, 3.63) is 63.6 Å². The van der Waals surface area contributed by atoms with Crippen LogP contribution in [-0.4, -0.2) is 18.7 Å². The fourth-order valence-corrected chi connectivity index (χ4v) is 3.30. The van der Waals surface area contributed by atoms with Gasteiger partial charge in [-0.3, -0.25) is 4.79 Å². The third-order valence-electron chi connectivity index (χ3n) is 4.66. The summed E-state index contributed by atoms with van der Waals surface area (Å²) in [5.41, 5.74) is 4.09. The van der Waals surface area contributed by atoms with Crippen molar-refractivity contribution in [2.75, 3.05) is 6.61 Å². The fraction of sp³-hybridized carbons (Fsp3) is 0.417. The average Bonchev–Trinajstić information content (AvgIpc) is 2.73. The molecule has 0 aliphatic rings. The van der Waals surface area contributed by atoms with Gasteiger partial charge in [0.25, 0.3) is 0 Å². The Labute approximate surface area is 189 Å². The minimum absolute atomic E-state index is 0.209. The van der Waals surface area contributed by atoms with Crippen molar-refractivity contribution in [1.29, 1.82) is 0 Å². The van der Waals surface area contributed by atoms with Crippen LogP contribution < -0.4 is 10.2 Å². The number of nitrogens with zero attached hydrogens (tertiary/aromatic N) is 1. The Hall–Kier alpha value is -2.04. The normalized spacial score (nSPS) is 11.0. The summed E-state index contributed by atoms with van der Waals surface area (Å²) in [7, 11) is 0. The van der Waals surface area contributed by atoms with Crippen molar-refractivity contribution in [1.82, 2.24) is 5.43 Å². The summed E-state index contributed by atoms with van der Waals surface area (Å²) >= 11 is 12.1. The van der Waals surface area contributed by atoms with E-state index in [4.69, 9.17) is 27.9 Å². The third-order valence-corrected chi connectivity index (χ3v) is 5.24. The second kappa shape index (κ2) is 14.1. The summed E-state index contributed by atoms with van der Waals surface area (Å²) in [6.07, 6.45) is 10.5. The maximum Gasteiger partial charge on any atom is 0.244 e. The fourth-order valence-electron chi connectivity index (χ4n) is 2.95. The van der Waals surface area contributed by atoms with Crippen LogP contribution in [0.1, 0.15) is 63.0 Å². The first kappa shape index (κ1) is 24.2. The molecule has 0 atom stereocenters. The predicted molar refractivity (Wildman–Crippen MR) is 126 cm³/mol. The highest BCUT2D eigenvalue weighted by Crippen LogP contribution is 2.22. The second-order valence-corrected chi connectivity index (χ2v) is 8.09. The summed E-state index contributed by atoms with van der Waals surface area (Å²) < 4.78 is 5.78. The number of carbonyl (C=O) groups excluding carboxylic acids is 1. The van der Waals surface area contributed by atoms with Gasteiger partial charge in [0.1, 0.15) is 5.75 Å². The van der Waals surface area contributed by atoms with Crippen LogP contribution in [0.4, 0.5) is 0 Å². The van der Waals surface area contributed by atoms with E-state index in [1.165, 1.54) is 44.7 Å². The molecule has 0 saturated heterocycles. The molecule has 2 aromatic carbocycles. The minimum Gasteiger partial charge on any atom is -0.494 e. The molecule has 0 fully saturated rings. The summed E-state index contributed by atoms with van der Waals surface area (Å²) in [5, 5.41) is 5.16. The quantitative estimate of drug-likeness (QED) is 0.207. The van der Waals surface area contributed by atoms with E-state index in [0.717, 1.165) is 17.7 Å². The lowest BCUT2D eigenvalue weighted by molar-refractivity contribution is -0.120. The van der Waals surface area contributed by atoms with Crippen molar-refractivity contribution in [3.8, 4) is 5.75 Å². The molecule has 162 valence electrons. The molecule has 2 aromatic rings.